The Hall–Kier alpha value is -4.48. The lowest BCUT2D eigenvalue weighted by molar-refractivity contribution is -0.137. The quantitative estimate of drug-likeness (QED) is 0.138. The van der Waals surface area contributed by atoms with Gasteiger partial charge in [0.1, 0.15) is 11.2 Å². The molecule has 11 heteroatoms. The SMILES string of the molecule is CCc1nc2c(cnn2CC)c(NC2CCOCC2)c1CNC(=O)C1(C(=O)NCc2ccc(OC)c(-c3cccc(CC4CCN(C)CC4)c3)c2)CC1. The molecule has 1 saturated carbocycles. The summed E-state index contributed by atoms with van der Waals surface area (Å²) in [5.74, 6) is 1.02. The largest absolute Gasteiger partial charge is 0.496 e. The number of rotatable bonds is 14. The van der Waals surface area contributed by atoms with E-state index in [9.17, 15) is 9.59 Å². The molecule has 0 bridgehead atoms. The topological polar surface area (TPSA) is 123 Å². The predicted molar refractivity (Wildman–Crippen MR) is 208 cm³/mol. The van der Waals surface area contributed by atoms with Gasteiger partial charge in [-0.3, -0.25) is 9.59 Å². The number of ether oxygens (including phenoxy) is 2. The predicted octanol–water partition coefficient (Wildman–Crippen LogP) is 5.88. The van der Waals surface area contributed by atoms with Crippen LogP contribution in [0, 0.1) is 11.3 Å². The third-order valence-corrected chi connectivity index (χ3v) is 11.5. The molecule has 0 unspecified atom stereocenters. The lowest BCUT2D eigenvalue weighted by Gasteiger charge is -2.29. The highest BCUT2D eigenvalue weighted by Crippen LogP contribution is 2.46. The molecule has 4 aromatic rings. The number of carbonyl (C=O) groups excluding carboxylic acids is 2. The molecule has 3 fully saturated rings. The van der Waals surface area contributed by atoms with Gasteiger partial charge in [-0.15, -0.1) is 0 Å². The van der Waals surface area contributed by atoms with Gasteiger partial charge in [0.2, 0.25) is 11.8 Å². The van der Waals surface area contributed by atoms with Crippen molar-refractivity contribution in [2.45, 2.75) is 90.9 Å². The number of fused-ring (bicyclic) bond motifs is 1. The van der Waals surface area contributed by atoms with Crippen molar-refractivity contribution in [3.05, 3.63) is 71.0 Å². The van der Waals surface area contributed by atoms with Crippen LogP contribution in [0.2, 0.25) is 0 Å². The third-order valence-electron chi connectivity index (χ3n) is 11.5. The van der Waals surface area contributed by atoms with Crippen LogP contribution in [0.5, 0.6) is 5.75 Å². The van der Waals surface area contributed by atoms with Crippen molar-refractivity contribution in [1.82, 2.24) is 30.3 Å². The third kappa shape index (κ3) is 8.06. The van der Waals surface area contributed by atoms with Crippen LogP contribution in [0.3, 0.4) is 0 Å². The number of aromatic nitrogens is 3. The van der Waals surface area contributed by atoms with Gasteiger partial charge in [0.15, 0.2) is 5.65 Å². The molecule has 7 rings (SSSR count). The monoisotopic (exact) mass is 721 g/mol. The Morgan fingerprint density at radius 2 is 1.72 bits per heavy atom. The average molecular weight is 722 g/mol. The van der Waals surface area contributed by atoms with E-state index in [2.05, 4.69) is 77.2 Å². The van der Waals surface area contributed by atoms with Crippen molar-refractivity contribution in [1.29, 1.82) is 0 Å². The lowest BCUT2D eigenvalue weighted by Crippen LogP contribution is -2.42. The molecule has 282 valence electrons. The molecule has 2 aliphatic heterocycles. The van der Waals surface area contributed by atoms with E-state index >= 15 is 0 Å². The summed E-state index contributed by atoms with van der Waals surface area (Å²) >= 11 is 0. The zero-order chi connectivity index (χ0) is 37.0. The van der Waals surface area contributed by atoms with Crippen molar-refractivity contribution >= 4 is 28.5 Å². The number of anilines is 1. The highest BCUT2D eigenvalue weighted by molar-refractivity contribution is 6.08. The fourth-order valence-corrected chi connectivity index (χ4v) is 8.03. The second kappa shape index (κ2) is 16.3. The Bertz CT molecular complexity index is 1920. The first kappa shape index (κ1) is 36.9. The van der Waals surface area contributed by atoms with Crippen LogP contribution >= 0.6 is 0 Å². The Morgan fingerprint density at radius 1 is 0.962 bits per heavy atom. The Morgan fingerprint density at radius 3 is 2.42 bits per heavy atom. The van der Waals surface area contributed by atoms with Gasteiger partial charge in [0, 0.05) is 55.7 Å². The van der Waals surface area contributed by atoms with E-state index in [0.717, 1.165) is 82.8 Å². The van der Waals surface area contributed by atoms with Gasteiger partial charge < -0.3 is 30.3 Å². The molecule has 4 heterocycles. The van der Waals surface area contributed by atoms with E-state index < -0.39 is 5.41 Å². The van der Waals surface area contributed by atoms with Gasteiger partial charge in [-0.2, -0.15) is 5.10 Å². The number of hydrogen-bond donors (Lipinski definition) is 3. The van der Waals surface area contributed by atoms with Crippen LogP contribution in [-0.2, 0) is 46.8 Å². The minimum Gasteiger partial charge on any atom is -0.496 e. The fourth-order valence-electron chi connectivity index (χ4n) is 8.03. The number of likely N-dealkylation sites (tertiary alicyclic amines) is 1. The highest BCUT2D eigenvalue weighted by Gasteiger charge is 2.56. The first-order chi connectivity index (χ1) is 25.8. The summed E-state index contributed by atoms with van der Waals surface area (Å²) in [6.45, 7) is 9.20. The molecular weight excluding hydrogens is 667 g/mol. The van der Waals surface area contributed by atoms with Crippen molar-refractivity contribution in [3.63, 3.8) is 0 Å². The Kier molecular flexibility index (Phi) is 11.3. The zero-order valence-electron chi connectivity index (χ0n) is 31.8. The maximum Gasteiger partial charge on any atom is 0.235 e. The molecule has 3 N–H and O–H groups in total. The number of amides is 2. The van der Waals surface area contributed by atoms with Crippen molar-refractivity contribution < 1.29 is 19.1 Å². The molecule has 1 aliphatic carbocycles. The normalized spacial score (nSPS) is 17.8. The van der Waals surface area contributed by atoms with Crippen LogP contribution in [0.4, 0.5) is 5.69 Å². The minimum atomic E-state index is -1.07. The summed E-state index contributed by atoms with van der Waals surface area (Å²) in [6.07, 6.45) is 8.96. The van der Waals surface area contributed by atoms with E-state index in [-0.39, 0.29) is 24.4 Å². The molecule has 2 amide bonds. The summed E-state index contributed by atoms with van der Waals surface area (Å²) in [4.78, 5) is 34.9. The first-order valence-corrected chi connectivity index (χ1v) is 19.5. The van der Waals surface area contributed by atoms with Crippen molar-refractivity contribution in [3.8, 4) is 16.9 Å². The molecule has 11 nitrogen and oxygen atoms in total. The van der Waals surface area contributed by atoms with Crippen LogP contribution in [0.1, 0.15) is 74.8 Å². The van der Waals surface area contributed by atoms with Gasteiger partial charge in [-0.25, -0.2) is 9.67 Å². The molecule has 3 aliphatic rings. The molecule has 0 spiro atoms. The zero-order valence-corrected chi connectivity index (χ0v) is 31.8. The number of pyridine rings is 1. The van der Waals surface area contributed by atoms with E-state index in [1.807, 2.05) is 23.0 Å². The average Bonchev–Trinajstić information content (AvgIpc) is 3.91. The smallest absolute Gasteiger partial charge is 0.235 e. The van der Waals surface area contributed by atoms with E-state index in [0.29, 0.717) is 51.5 Å². The molecular formula is C42H55N7O4. The number of nitrogens with one attached hydrogen (secondary N) is 3. The van der Waals surface area contributed by atoms with E-state index in [1.165, 1.54) is 18.4 Å². The summed E-state index contributed by atoms with van der Waals surface area (Å²) < 4.78 is 13.3. The van der Waals surface area contributed by atoms with Crippen LogP contribution < -0.4 is 20.7 Å². The van der Waals surface area contributed by atoms with Gasteiger partial charge in [0.05, 0.1) is 24.4 Å². The van der Waals surface area contributed by atoms with Gasteiger partial charge in [-0.05, 0) is 113 Å². The molecule has 2 aromatic carbocycles. The van der Waals surface area contributed by atoms with Gasteiger partial charge in [-0.1, -0.05) is 37.3 Å². The lowest BCUT2D eigenvalue weighted by atomic mass is 9.89. The molecule has 2 saturated heterocycles. The number of piperidine rings is 1. The van der Waals surface area contributed by atoms with Crippen molar-refractivity contribution in [2.24, 2.45) is 11.3 Å². The highest BCUT2D eigenvalue weighted by atomic mass is 16.5. The Labute approximate surface area is 313 Å². The number of hydrogen-bond acceptors (Lipinski definition) is 8. The molecule has 0 radical (unpaired) electrons. The second-order valence-electron chi connectivity index (χ2n) is 15.1. The number of methoxy groups -OCH3 is 1. The van der Waals surface area contributed by atoms with Gasteiger partial charge in [0.25, 0.3) is 0 Å². The summed E-state index contributed by atoms with van der Waals surface area (Å²) in [5, 5.41) is 15.6. The van der Waals surface area contributed by atoms with Crippen LogP contribution in [-0.4, -0.2) is 78.0 Å². The number of benzene rings is 2. The number of aryl methyl sites for hydroxylation is 2. The fraction of sp³-hybridized carbons (Fsp3) is 0.524. The van der Waals surface area contributed by atoms with E-state index in [1.54, 1.807) is 7.11 Å². The van der Waals surface area contributed by atoms with Crippen LogP contribution in [0.15, 0.2) is 48.7 Å². The second-order valence-corrected chi connectivity index (χ2v) is 15.1. The molecule has 0 atom stereocenters. The van der Waals surface area contributed by atoms with Crippen LogP contribution in [0.25, 0.3) is 22.2 Å². The summed E-state index contributed by atoms with van der Waals surface area (Å²) in [7, 11) is 3.89. The maximum atomic E-state index is 13.8. The minimum absolute atomic E-state index is 0.235. The first-order valence-electron chi connectivity index (χ1n) is 19.5. The summed E-state index contributed by atoms with van der Waals surface area (Å²) in [6, 6.07) is 15.0. The number of nitrogens with zero attached hydrogens (tertiary/aromatic N) is 4. The molecule has 53 heavy (non-hydrogen) atoms. The Balaban J connectivity index is 1.03. The maximum absolute atomic E-state index is 13.8. The standard InChI is InChI=1S/C42H55N7O4/c1-5-36-34(38(46-32-14-20-53-21-15-32)35-27-45-49(6-2)39(35)47-36)26-44-41(51)42(16-17-42)40(50)43-25-30-10-11-37(52-4)33(24-30)31-9-7-8-29(23-31)22-28-12-18-48(3)19-13-28/h7-11,23-24,27-28,32H,5-6,12-22,25-26H2,1-4H3,(H,43,50)(H,44,51)(H,46,47). The van der Waals surface area contributed by atoms with Crippen molar-refractivity contribution in [2.75, 3.05) is 45.8 Å². The number of carbonyl (C=O) groups is 2. The van der Waals surface area contributed by atoms with Gasteiger partial charge >= 0.3 is 0 Å². The molecule has 2 aromatic heterocycles. The summed E-state index contributed by atoms with van der Waals surface area (Å²) in [5.41, 5.74) is 7.00. The van der Waals surface area contributed by atoms with E-state index in [4.69, 9.17) is 14.5 Å².